The van der Waals surface area contributed by atoms with Gasteiger partial charge in [-0.3, -0.25) is 9.78 Å². The highest BCUT2D eigenvalue weighted by Crippen LogP contribution is 2.33. The zero-order valence-electron chi connectivity index (χ0n) is 15.1. The summed E-state index contributed by atoms with van der Waals surface area (Å²) in [5, 5.41) is 19.0. The first-order chi connectivity index (χ1) is 13.1. The van der Waals surface area contributed by atoms with Gasteiger partial charge in [0.05, 0.1) is 13.7 Å². The minimum absolute atomic E-state index is 0.0302. The fourth-order valence-electron chi connectivity index (χ4n) is 3.11. The van der Waals surface area contributed by atoms with E-state index in [9.17, 15) is 9.90 Å². The van der Waals surface area contributed by atoms with Crippen molar-refractivity contribution in [3.63, 3.8) is 0 Å². The summed E-state index contributed by atoms with van der Waals surface area (Å²) in [6.07, 6.45) is 3.91. The third-order valence-electron chi connectivity index (χ3n) is 4.48. The molecule has 0 saturated carbocycles. The summed E-state index contributed by atoms with van der Waals surface area (Å²) >= 11 is 0. The van der Waals surface area contributed by atoms with Gasteiger partial charge in [-0.25, -0.2) is 0 Å². The maximum atomic E-state index is 11.0. The first-order valence-electron chi connectivity index (χ1n) is 8.65. The lowest BCUT2D eigenvalue weighted by Gasteiger charge is -2.15. The number of aromatic nitrogens is 1. The van der Waals surface area contributed by atoms with Crippen molar-refractivity contribution in [2.75, 3.05) is 7.11 Å². The van der Waals surface area contributed by atoms with Crippen LogP contribution in [-0.4, -0.2) is 28.3 Å². The van der Waals surface area contributed by atoms with Gasteiger partial charge in [-0.2, -0.15) is 0 Å². The highest BCUT2D eigenvalue weighted by molar-refractivity contribution is 5.76. The standard InChI is InChI=1S/C22H21NO4/c1-27-19-6-8-20(16(12-19)5-9-22(25)26)21-7-4-15(11-18(21)14-24)17-3-2-10-23-13-17/h2-4,6-8,10-13,24H,5,9,14H2,1H3,(H,25,26). The number of hydrogen-bond acceptors (Lipinski definition) is 4. The molecule has 0 aliphatic heterocycles. The molecular weight excluding hydrogens is 342 g/mol. The Balaban J connectivity index is 2.06. The quantitative estimate of drug-likeness (QED) is 0.665. The third-order valence-corrected chi connectivity index (χ3v) is 4.48. The summed E-state index contributed by atoms with van der Waals surface area (Å²) in [5.41, 5.74) is 5.38. The number of aliphatic hydroxyl groups is 1. The summed E-state index contributed by atoms with van der Waals surface area (Å²) in [5.74, 6) is -0.172. The molecule has 2 N–H and O–H groups in total. The molecule has 0 saturated heterocycles. The number of carbonyl (C=O) groups is 1. The monoisotopic (exact) mass is 363 g/mol. The van der Waals surface area contributed by atoms with Crippen molar-refractivity contribution in [1.29, 1.82) is 0 Å². The molecule has 2 aromatic carbocycles. The van der Waals surface area contributed by atoms with Crippen LogP contribution in [-0.2, 0) is 17.8 Å². The number of ether oxygens (including phenoxy) is 1. The number of methoxy groups -OCH3 is 1. The molecule has 0 amide bonds. The average Bonchev–Trinajstić information content (AvgIpc) is 2.72. The molecule has 0 aliphatic carbocycles. The molecule has 0 radical (unpaired) electrons. The predicted octanol–water partition coefficient (Wildman–Crippen LogP) is 3.93. The molecule has 0 unspecified atom stereocenters. The molecule has 0 spiro atoms. The maximum Gasteiger partial charge on any atom is 0.303 e. The first-order valence-corrected chi connectivity index (χ1v) is 8.65. The number of aliphatic carboxylic acids is 1. The minimum Gasteiger partial charge on any atom is -0.497 e. The van der Waals surface area contributed by atoms with Crippen LogP contribution in [0.25, 0.3) is 22.3 Å². The van der Waals surface area contributed by atoms with Crippen molar-refractivity contribution >= 4 is 5.97 Å². The topological polar surface area (TPSA) is 79.7 Å². The molecule has 138 valence electrons. The van der Waals surface area contributed by atoms with E-state index in [1.807, 2.05) is 48.5 Å². The van der Waals surface area contributed by atoms with E-state index >= 15 is 0 Å². The van der Waals surface area contributed by atoms with Gasteiger partial charge in [0.2, 0.25) is 0 Å². The van der Waals surface area contributed by atoms with E-state index in [2.05, 4.69) is 4.98 Å². The van der Waals surface area contributed by atoms with E-state index in [0.29, 0.717) is 12.2 Å². The fraction of sp³-hybridized carbons (Fsp3) is 0.182. The zero-order chi connectivity index (χ0) is 19.2. The Bertz CT molecular complexity index is 938. The highest BCUT2D eigenvalue weighted by Gasteiger charge is 2.13. The number of benzene rings is 2. The molecule has 0 bridgehead atoms. The summed E-state index contributed by atoms with van der Waals surface area (Å²) in [7, 11) is 1.58. The largest absolute Gasteiger partial charge is 0.497 e. The van der Waals surface area contributed by atoms with Crippen LogP contribution in [0.2, 0.25) is 0 Å². The Kier molecular flexibility index (Phi) is 5.84. The van der Waals surface area contributed by atoms with Crippen molar-refractivity contribution < 1.29 is 19.7 Å². The summed E-state index contributed by atoms with van der Waals surface area (Å²) in [6, 6.07) is 15.3. The molecule has 3 aromatic rings. The Morgan fingerprint density at radius 3 is 2.48 bits per heavy atom. The lowest BCUT2D eigenvalue weighted by atomic mass is 9.91. The predicted molar refractivity (Wildman–Crippen MR) is 104 cm³/mol. The van der Waals surface area contributed by atoms with E-state index < -0.39 is 5.97 Å². The van der Waals surface area contributed by atoms with Crippen LogP contribution < -0.4 is 4.74 Å². The molecule has 27 heavy (non-hydrogen) atoms. The number of carboxylic acids is 1. The molecule has 5 nitrogen and oxygen atoms in total. The minimum atomic E-state index is -0.849. The zero-order valence-corrected chi connectivity index (χ0v) is 15.1. The normalized spacial score (nSPS) is 10.6. The smallest absolute Gasteiger partial charge is 0.303 e. The van der Waals surface area contributed by atoms with Crippen molar-refractivity contribution in [1.82, 2.24) is 4.98 Å². The van der Waals surface area contributed by atoms with Gasteiger partial charge in [0, 0.05) is 18.8 Å². The Hall–Kier alpha value is -3.18. The Morgan fingerprint density at radius 1 is 1.04 bits per heavy atom. The number of aryl methyl sites for hydroxylation is 1. The van der Waals surface area contributed by atoms with E-state index in [-0.39, 0.29) is 13.0 Å². The second kappa shape index (κ2) is 8.47. The molecule has 5 heteroatoms. The summed E-state index contributed by atoms with van der Waals surface area (Å²) in [4.78, 5) is 15.2. The summed E-state index contributed by atoms with van der Waals surface area (Å²) < 4.78 is 5.28. The van der Waals surface area contributed by atoms with Gasteiger partial charge in [-0.15, -0.1) is 0 Å². The second-order valence-corrected chi connectivity index (χ2v) is 6.19. The van der Waals surface area contributed by atoms with E-state index in [1.165, 1.54) is 0 Å². The van der Waals surface area contributed by atoms with Crippen LogP contribution in [0.5, 0.6) is 5.75 Å². The fourth-order valence-corrected chi connectivity index (χ4v) is 3.11. The van der Waals surface area contributed by atoms with Crippen LogP contribution >= 0.6 is 0 Å². The van der Waals surface area contributed by atoms with Gasteiger partial charge in [0.25, 0.3) is 0 Å². The van der Waals surface area contributed by atoms with Crippen molar-refractivity contribution in [3.8, 4) is 28.0 Å². The second-order valence-electron chi connectivity index (χ2n) is 6.19. The maximum absolute atomic E-state index is 11.0. The molecule has 1 aromatic heterocycles. The van der Waals surface area contributed by atoms with Crippen molar-refractivity contribution in [2.24, 2.45) is 0 Å². The van der Waals surface area contributed by atoms with Gasteiger partial charge in [-0.1, -0.05) is 24.3 Å². The van der Waals surface area contributed by atoms with E-state index in [0.717, 1.165) is 33.4 Å². The number of nitrogens with zero attached hydrogens (tertiary/aromatic N) is 1. The highest BCUT2D eigenvalue weighted by atomic mass is 16.5. The van der Waals surface area contributed by atoms with Crippen LogP contribution in [0, 0.1) is 0 Å². The van der Waals surface area contributed by atoms with Crippen LogP contribution in [0.4, 0.5) is 0 Å². The molecule has 3 rings (SSSR count). The number of hydrogen-bond donors (Lipinski definition) is 2. The van der Waals surface area contributed by atoms with Gasteiger partial charge >= 0.3 is 5.97 Å². The SMILES string of the molecule is COc1ccc(-c2ccc(-c3cccnc3)cc2CO)c(CCC(=O)O)c1. The molecule has 0 aliphatic rings. The molecule has 0 atom stereocenters. The number of pyridine rings is 1. The van der Waals surface area contributed by atoms with Crippen LogP contribution in [0.3, 0.4) is 0 Å². The van der Waals surface area contributed by atoms with Crippen molar-refractivity contribution in [2.45, 2.75) is 19.4 Å². The number of carboxylic acid groups (broad SMARTS) is 1. The Labute approximate surface area is 157 Å². The first kappa shape index (κ1) is 18.6. The average molecular weight is 363 g/mol. The van der Waals surface area contributed by atoms with E-state index in [4.69, 9.17) is 9.84 Å². The van der Waals surface area contributed by atoms with Crippen LogP contribution in [0.15, 0.2) is 60.9 Å². The molecule has 1 heterocycles. The summed E-state index contributed by atoms with van der Waals surface area (Å²) in [6.45, 7) is -0.117. The molecular formula is C22H21NO4. The lowest BCUT2D eigenvalue weighted by Crippen LogP contribution is -2.01. The van der Waals surface area contributed by atoms with Gasteiger partial charge in [-0.05, 0) is 64.1 Å². The number of rotatable bonds is 7. The van der Waals surface area contributed by atoms with E-state index in [1.54, 1.807) is 19.5 Å². The third kappa shape index (κ3) is 4.33. The van der Waals surface area contributed by atoms with Crippen LogP contribution in [0.1, 0.15) is 17.5 Å². The van der Waals surface area contributed by atoms with Crippen molar-refractivity contribution in [3.05, 3.63) is 72.1 Å². The van der Waals surface area contributed by atoms with Gasteiger partial charge in [0.1, 0.15) is 5.75 Å². The lowest BCUT2D eigenvalue weighted by molar-refractivity contribution is -0.136. The van der Waals surface area contributed by atoms with Gasteiger partial charge in [0.15, 0.2) is 0 Å². The van der Waals surface area contributed by atoms with Gasteiger partial charge < -0.3 is 14.9 Å². The number of aliphatic hydroxyl groups excluding tert-OH is 1. The molecule has 0 fully saturated rings. The Morgan fingerprint density at radius 2 is 1.81 bits per heavy atom.